The summed E-state index contributed by atoms with van der Waals surface area (Å²) >= 11 is 0. The minimum Gasteiger partial charge on any atom is -0.490 e. The Morgan fingerprint density at radius 2 is 1.70 bits per heavy atom. The lowest BCUT2D eigenvalue weighted by atomic mass is 10.1. The molecule has 3 aromatic rings. The summed E-state index contributed by atoms with van der Waals surface area (Å²) in [5.41, 5.74) is 0.515. The van der Waals surface area contributed by atoms with Crippen LogP contribution in [0.2, 0.25) is 0 Å². The molecule has 0 radical (unpaired) electrons. The summed E-state index contributed by atoms with van der Waals surface area (Å²) in [5, 5.41) is 4.49. The molecule has 0 saturated carbocycles. The SMILES string of the molecule is CN(CC(=O)Nc1ccc2c(c1)OCCCO2)S(=O)(=O)c1ccc2ccccc2c1. The van der Waals surface area contributed by atoms with Crippen LogP contribution in [0.1, 0.15) is 6.42 Å². The smallest absolute Gasteiger partial charge is 0.243 e. The molecule has 0 unspecified atom stereocenters. The second kappa shape index (κ2) is 8.33. The Morgan fingerprint density at radius 3 is 2.50 bits per heavy atom. The van der Waals surface area contributed by atoms with Gasteiger partial charge in [0.1, 0.15) is 0 Å². The van der Waals surface area contributed by atoms with E-state index in [-0.39, 0.29) is 11.4 Å². The quantitative estimate of drug-likeness (QED) is 0.677. The molecule has 0 fully saturated rings. The lowest BCUT2D eigenvalue weighted by Gasteiger charge is -2.17. The average Bonchev–Trinajstić information content (AvgIpc) is 2.98. The van der Waals surface area contributed by atoms with Gasteiger partial charge in [-0.15, -0.1) is 0 Å². The minimum atomic E-state index is -3.81. The summed E-state index contributed by atoms with van der Waals surface area (Å²) in [7, 11) is -2.42. The van der Waals surface area contributed by atoms with Gasteiger partial charge in [0.25, 0.3) is 0 Å². The maximum Gasteiger partial charge on any atom is 0.243 e. The third-order valence-corrected chi connectivity index (χ3v) is 6.63. The first-order valence-electron chi connectivity index (χ1n) is 9.58. The Morgan fingerprint density at radius 1 is 0.967 bits per heavy atom. The molecule has 30 heavy (non-hydrogen) atoms. The summed E-state index contributed by atoms with van der Waals surface area (Å²) in [5.74, 6) is 0.736. The van der Waals surface area contributed by atoms with Crippen molar-refractivity contribution in [2.45, 2.75) is 11.3 Å². The lowest BCUT2D eigenvalue weighted by Crippen LogP contribution is -2.34. The number of nitrogens with one attached hydrogen (secondary N) is 1. The van der Waals surface area contributed by atoms with Crippen molar-refractivity contribution in [1.82, 2.24) is 4.31 Å². The number of hydrogen-bond acceptors (Lipinski definition) is 5. The average molecular weight is 426 g/mol. The fraction of sp³-hybridized carbons (Fsp3) is 0.227. The Balaban J connectivity index is 1.46. The first-order valence-corrected chi connectivity index (χ1v) is 11.0. The van der Waals surface area contributed by atoms with E-state index >= 15 is 0 Å². The van der Waals surface area contributed by atoms with Crippen molar-refractivity contribution in [2.24, 2.45) is 0 Å². The van der Waals surface area contributed by atoms with Crippen LogP contribution in [0.25, 0.3) is 10.8 Å². The molecule has 0 spiro atoms. The molecule has 4 rings (SSSR count). The molecule has 156 valence electrons. The van der Waals surface area contributed by atoms with E-state index in [1.165, 1.54) is 7.05 Å². The zero-order valence-corrected chi connectivity index (χ0v) is 17.3. The molecule has 0 bridgehead atoms. The number of ether oxygens (including phenoxy) is 2. The molecule has 1 aliphatic rings. The molecule has 1 amide bonds. The molecule has 3 aromatic carbocycles. The number of anilines is 1. The van der Waals surface area contributed by atoms with Gasteiger partial charge in [-0.2, -0.15) is 4.31 Å². The van der Waals surface area contributed by atoms with E-state index in [1.54, 1.807) is 36.4 Å². The van der Waals surface area contributed by atoms with E-state index < -0.39 is 15.9 Å². The fourth-order valence-corrected chi connectivity index (χ4v) is 4.40. The second-order valence-electron chi connectivity index (χ2n) is 7.03. The largest absolute Gasteiger partial charge is 0.490 e. The van der Waals surface area contributed by atoms with Gasteiger partial charge in [0.05, 0.1) is 24.7 Å². The first-order chi connectivity index (χ1) is 14.4. The predicted molar refractivity (Wildman–Crippen MR) is 114 cm³/mol. The van der Waals surface area contributed by atoms with Crippen LogP contribution in [0.3, 0.4) is 0 Å². The van der Waals surface area contributed by atoms with Crippen molar-refractivity contribution < 1.29 is 22.7 Å². The molecular weight excluding hydrogens is 404 g/mol. The topological polar surface area (TPSA) is 84.9 Å². The Hall–Kier alpha value is -3.10. The number of carbonyl (C=O) groups excluding carboxylic acids is 1. The van der Waals surface area contributed by atoms with Crippen molar-refractivity contribution >= 4 is 32.4 Å². The van der Waals surface area contributed by atoms with E-state index in [9.17, 15) is 13.2 Å². The van der Waals surface area contributed by atoms with E-state index in [1.807, 2.05) is 24.3 Å². The first kappa shape index (κ1) is 20.2. The summed E-state index contributed by atoms with van der Waals surface area (Å²) in [6.45, 7) is 0.802. The van der Waals surface area contributed by atoms with Gasteiger partial charge in [-0.1, -0.05) is 30.3 Å². The van der Waals surface area contributed by atoms with Crippen LogP contribution in [0.5, 0.6) is 11.5 Å². The highest BCUT2D eigenvalue weighted by Gasteiger charge is 2.23. The normalized spacial score (nSPS) is 13.8. The Bertz CT molecular complexity index is 1190. The van der Waals surface area contributed by atoms with Crippen LogP contribution in [-0.4, -0.2) is 45.4 Å². The molecule has 0 saturated heterocycles. The van der Waals surface area contributed by atoms with E-state index in [0.29, 0.717) is 30.4 Å². The number of amides is 1. The zero-order chi connectivity index (χ0) is 21.1. The number of hydrogen-bond donors (Lipinski definition) is 1. The van der Waals surface area contributed by atoms with E-state index in [4.69, 9.17) is 9.47 Å². The van der Waals surface area contributed by atoms with Gasteiger partial charge < -0.3 is 14.8 Å². The van der Waals surface area contributed by atoms with Crippen molar-refractivity contribution in [2.75, 3.05) is 32.1 Å². The van der Waals surface area contributed by atoms with Gasteiger partial charge in [0.15, 0.2) is 11.5 Å². The monoisotopic (exact) mass is 426 g/mol. The molecular formula is C22H22N2O5S. The number of carbonyl (C=O) groups is 1. The maximum absolute atomic E-state index is 12.9. The number of nitrogens with zero attached hydrogens (tertiary/aromatic N) is 1. The highest BCUT2D eigenvalue weighted by Crippen LogP contribution is 2.32. The fourth-order valence-electron chi connectivity index (χ4n) is 3.24. The minimum absolute atomic E-state index is 0.145. The summed E-state index contributed by atoms with van der Waals surface area (Å²) in [4.78, 5) is 12.6. The maximum atomic E-state index is 12.9. The number of benzene rings is 3. The van der Waals surface area contributed by atoms with E-state index in [2.05, 4.69) is 5.32 Å². The zero-order valence-electron chi connectivity index (χ0n) is 16.5. The molecule has 1 aliphatic heterocycles. The third kappa shape index (κ3) is 4.24. The van der Waals surface area contributed by atoms with Crippen LogP contribution in [0, 0.1) is 0 Å². The Kier molecular flexibility index (Phi) is 5.61. The molecule has 0 atom stereocenters. The number of sulfonamides is 1. The summed E-state index contributed by atoms with van der Waals surface area (Å²) in [6.07, 6.45) is 0.786. The van der Waals surface area contributed by atoms with Crippen molar-refractivity contribution in [3.8, 4) is 11.5 Å². The number of fused-ring (bicyclic) bond motifs is 2. The van der Waals surface area contributed by atoms with Crippen LogP contribution < -0.4 is 14.8 Å². The van der Waals surface area contributed by atoms with Gasteiger partial charge in [-0.25, -0.2) is 8.42 Å². The van der Waals surface area contributed by atoms with Crippen LogP contribution in [-0.2, 0) is 14.8 Å². The predicted octanol–water partition coefficient (Wildman–Crippen LogP) is 3.26. The molecule has 7 nitrogen and oxygen atoms in total. The van der Waals surface area contributed by atoms with Crippen molar-refractivity contribution in [3.63, 3.8) is 0 Å². The standard InChI is InChI=1S/C22H22N2O5S/c1-24(30(26,27)19-9-7-16-5-2-3-6-17(16)13-19)15-22(25)23-18-8-10-20-21(14-18)29-12-4-11-28-20/h2-3,5-10,13-14H,4,11-12,15H2,1H3,(H,23,25). The molecule has 0 aromatic heterocycles. The molecule has 0 aliphatic carbocycles. The van der Waals surface area contributed by atoms with Crippen molar-refractivity contribution in [3.05, 3.63) is 60.7 Å². The summed E-state index contributed by atoms with van der Waals surface area (Å²) in [6, 6.07) is 17.5. The molecule has 1 N–H and O–H groups in total. The third-order valence-electron chi connectivity index (χ3n) is 4.83. The van der Waals surface area contributed by atoms with Crippen LogP contribution in [0.4, 0.5) is 5.69 Å². The van der Waals surface area contributed by atoms with E-state index in [0.717, 1.165) is 21.5 Å². The molecule has 1 heterocycles. The van der Waals surface area contributed by atoms with Gasteiger partial charge in [0, 0.05) is 25.2 Å². The Labute approximate surface area is 175 Å². The van der Waals surface area contributed by atoms with Gasteiger partial charge in [0.2, 0.25) is 15.9 Å². The highest BCUT2D eigenvalue weighted by molar-refractivity contribution is 7.89. The van der Waals surface area contributed by atoms with Gasteiger partial charge in [-0.05, 0) is 35.0 Å². The van der Waals surface area contributed by atoms with Crippen LogP contribution in [0.15, 0.2) is 65.6 Å². The number of rotatable bonds is 5. The summed E-state index contributed by atoms with van der Waals surface area (Å²) < 4.78 is 38.0. The molecule has 8 heteroatoms. The highest BCUT2D eigenvalue weighted by atomic mass is 32.2. The van der Waals surface area contributed by atoms with Crippen LogP contribution >= 0.6 is 0 Å². The lowest BCUT2D eigenvalue weighted by molar-refractivity contribution is -0.116. The van der Waals surface area contributed by atoms with Crippen molar-refractivity contribution in [1.29, 1.82) is 0 Å². The number of likely N-dealkylation sites (N-methyl/N-ethyl adjacent to an activating group) is 1. The second-order valence-corrected chi connectivity index (χ2v) is 9.08. The van der Waals surface area contributed by atoms with Gasteiger partial charge >= 0.3 is 0 Å². The van der Waals surface area contributed by atoms with Gasteiger partial charge in [-0.3, -0.25) is 4.79 Å².